The zero-order valence-electron chi connectivity index (χ0n) is 14.4. The highest BCUT2D eigenvalue weighted by Gasteiger charge is 2.41. The molecule has 25 heavy (non-hydrogen) atoms. The van der Waals surface area contributed by atoms with Crippen LogP contribution in [-0.4, -0.2) is 10.3 Å². The highest BCUT2D eigenvalue weighted by molar-refractivity contribution is 9.10. The van der Waals surface area contributed by atoms with E-state index in [9.17, 15) is 0 Å². The molecule has 0 spiro atoms. The summed E-state index contributed by atoms with van der Waals surface area (Å²) in [5, 5.41) is 2.12. The molecule has 1 aromatic heterocycles. The Kier molecular flexibility index (Phi) is 3.98. The molecule has 0 N–H and O–H groups in total. The largest absolute Gasteiger partial charge is 0.347 e. The van der Waals surface area contributed by atoms with E-state index >= 15 is 0 Å². The lowest BCUT2D eigenvalue weighted by atomic mass is 9.73. The van der Waals surface area contributed by atoms with Gasteiger partial charge >= 0.3 is 0 Å². The molecule has 1 nitrogen and oxygen atoms in total. The van der Waals surface area contributed by atoms with Gasteiger partial charge in [0.2, 0.25) is 0 Å². The van der Waals surface area contributed by atoms with Crippen LogP contribution in [0.3, 0.4) is 0 Å². The molecule has 0 unspecified atom stereocenters. The van der Waals surface area contributed by atoms with Gasteiger partial charge in [0.1, 0.15) is 0 Å². The summed E-state index contributed by atoms with van der Waals surface area (Å²) >= 11 is 5.75. The quantitative estimate of drug-likeness (QED) is 0.444. The standard InChI is InChI=1S/C22H22BrNS/c1-24-20-5-3-2-4-16(20)17-10-11-19-18(21(17)24)12-13-25-22(19)14-6-8-15(23)9-7-14/h2-9,18-19,22H,10-13H2,1H3/t18-,19-,22-/m0/s1. The fraction of sp³-hybridized carbons (Fsp3) is 0.364. The number of halogens is 1. The van der Waals surface area contributed by atoms with Crippen molar-refractivity contribution in [2.75, 3.05) is 5.75 Å². The lowest BCUT2D eigenvalue weighted by Crippen LogP contribution is -2.30. The molecule has 0 radical (unpaired) electrons. The van der Waals surface area contributed by atoms with Gasteiger partial charge in [-0.1, -0.05) is 46.3 Å². The molecule has 1 aliphatic heterocycles. The number of nitrogens with zero attached hydrogens (tertiary/aromatic N) is 1. The van der Waals surface area contributed by atoms with Crippen LogP contribution in [0.2, 0.25) is 0 Å². The van der Waals surface area contributed by atoms with E-state index in [4.69, 9.17) is 0 Å². The molecule has 128 valence electrons. The lowest BCUT2D eigenvalue weighted by Gasteiger charge is -2.42. The van der Waals surface area contributed by atoms with Crippen molar-refractivity contribution in [3.05, 3.63) is 69.8 Å². The van der Waals surface area contributed by atoms with E-state index in [-0.39, 0.29) is 0 Å². The summed E-state index contributed by atoms with van der Waals surface area (Å²) < 4.78 is 3.67. The smallest absolute Gasteiger partial charge is 0.0482 e. The van der Waals surface area contributed by atoms with E-state index < -0.39 is 0 Å². The number of rotatable bonds is 1. The van der Waals surface area contributed by atoms with E-state index in [1.807, 2.05) is 0 Å². The van der Waals surface area contributed by atoms with E-state index in [0.29, 0.717) is 11.2 Å². The summed E-state index contributed by atoms with van der Waals surface area (Å²) in [6.07, 6.45) is 3.87. The lowest BCUT2D eigenvalue weighted by molar-refractivity contribution is 0.335. The van der Waals surface area contributed by atoms with Crippen molar-refractivity contribution in [3.8, 4) is 0 Å². The Morgan fingerprint density at radius 1 is 1.04 bits per heavy atom. The molecular weight excluding hydrogens is 390 g/mol. The molecule has 0 bridgehead atoms. The summed E-state index contributed by atoms with van der Waals surface area (Å²) in [6.45, 7) is 0. The van der Waals surface area contributed by atoms with Gasteiger partial charge < -0.3 is 4.57 Å². The Hall–Kier alpha value is -1.19. The van der Waals surface area contributed by atoms with Crippen LogP contribution in [0.25, 0.3) is 10.9 Å². The van der Waals surface area contributed by atoms with E-state index in [1.165, 1.54) is 46.0 Å². The van der Waals surface area contributed by atoms with Gasteiger partial charge in [-0.15, -0.1) is 0 Å². The van der Waals surface area contributed by atoms with Crippen molar-refractivity contribution in [1.82, 2.24) is 4.57 Å². The van der Waals surface area contributed by atoms with E-state index in [1.54, 1.807) is 11.3 Å². The normalized spacial score (nSPS) is 25.6. The Balaban J connectivity index is 1.59. The molecule has 0 saturated carbocycles. The van der Waals surface area contributed by atoms with Crippen LogP contribution in [0.15, 0.2) is 53.0 Å². The molecule has 0 amide bonds. The summed E-state index contributed by atoms with van der Waals surface area (Å²) in [6, 6.07) is 18.0. The first-order valence-electron chi connectivity index (χ1n) is 9.17. The molecule has 5 rings (SSSR count). The van der Waals surface area contributed by atoms with Crippen LogP contribution in [0.5, 0.6) is 0 Å². The van der Waals surface area contributed by atoms with Gasteiger partial charge in [-0.05, 0) is 60.3 Å². The molecular formula is C22H22BrNS. The monoisotopic (exact) mass is 411 g/mol. The second-order valence-corrected chi connectivity index (χ2v) is 9.55. The third-order valence-corrected chi connectivity index (χ3v) is 8.15. The highest BCUT2D eigenvalue weighted by atomic mass is 79.9. The van der Waals surface area contributed by atoms with Crippen LogP contribution in [-0.2, 0) is 13.5 Å². The predicted octanol–water partition coefficient (Wildman–Crippen LogP) is 6.47. The maximum absolute atomic E-state index is 3.58. The third-order valence-electron chi connectivity index (χ3n) is 6.17. The van der Waals surface area contributed by atoms with Crippen molar-refractivity contribution >= 4 is 38.6 Å². The first kappa shape index (κ1) is 16.0. The number of aromatic nitrogens is 1. The zero-order valence-corrected chi connectivity index (χ0v) is 16.8. The number of hydrogen-bond acceptors (Lipinski definition) is 1. The molecule has 2 aliphatic rings. The number of thioether (sulfide) groups is 1. The zero-order chi connectivity index (χ0) is 17.0. The summed E-state index contributed by atoms with van der Waals surface area (Å²) in [4.78, 5) is 0. The minimum atomic E-state index is 0.637. The average Bonchev–Trinajstić information content (AvgIpc) is 2.95. The van der Waals surface area contributed by atoms with Gasteiger partial charge in [0.15, 0.2) is 0 Å². The van der Waals surface area contributed by atoms with Crippen molar-refractivity contribution in [3.63, 3.8) is 0 Å². The third kappa shape index (κ3) is 2.50. The first-order valence-corrected chi connectivity index (χ1v) is 11.0. The Bertz CT molecular complexity index is 927. The molecule has 1 saturated heterocycles. The van der Waals surface area contributed by atoms with E-state index in [2.05, 4.69) is 87.8 Å². The minimum absolute atomic E-state index is 0.637. The maximum atomic E-state index is 3.58. The fourth-order valence-electron chi connectivity index (χ4n) is 5.10. The second-order valence-electron chi connectivity index (χ2n) is 7.38. The van der Waals surface area contributed by atoms with E-state index in [0.717, 1.165) is 5.92 Å². The molecule has 1 aliphatic carbocycles. The van der Waals surface area contributed by atoms with Crippen molar-refractivity contribution in [2.45, 2.75) is 30.4 Å². The summed E-state index contributed by atoms with van der Waals surface area (Å²) in [5.41, 5.74) is 6.16. The fourth-order valence-corrected chi connectivity index (χ4v) is 6.93. The topological polar surface area (TPSA) is 4.93 Å². The Morgan fingerprint density at radius 3 is 2.68 bits per heavy atom. The van der Waals surface area contributed by atoms with Crippen LogP contribution >= 0.6 is 27.7 Å². The van der Waals surface area contributed by atoms with Crippen molar-refractivity contribution in [1.29, 1.82) is 0 Å². The molecule has 2 aromatic carbocycles. The maximum Gasteiger partial charge on any atom is 0.0482 e. The number of benzene rings is 2. The van der Waals surface area contributed by atoms with Gasteiger partial charge in [0, 0.05) is 39.3 Å². The van der Waals surface area contributed by atoms with Crippen molar-refractivity contribution < 1.29 is 0 Å². The van der Waals surface area contributed by atoms with Gasteiger partial charge in [-0.2, -0.15) is 11.8 Å². The molecule has 3 heteroatoms. The number of hydrogen-bond donors (Lipinski definition) is 0. The molecule has 1 fully saturated rings. The minimum Gasteiger partial charge on any atom is -0.347 e. The van der Waals surface area contributed by atoms with Gasteiger partial charge in [0.05, 0.1) is 0 Å². The van der Waals surface area contributed by atoms with Gasteiger partial charge in [-0.25, -0.2) is 0 Å². The SMILES string of the molecule is Cn1c2c(c3ccccc31)CC[C@H]1[C@@H]2CCS[C@H]1c1ccc(Br)cc1. The molecule has 3 atom stereocenters. The van der Waals surface area contributed by atoms with Crippen LogP contribution in [0, 0.1) is 5.92 Å². The van der Waals surface area contributed by atoms with Gasteiger partial charge in [0.25, 0.3) is 0 Å². The number of para-hydroxylation sites is 1. The summed E-state index contributed by atoms with van der Waals surface area (Å²) in [5.74, 6) is 2.73. The van der Waals surface area contributed by atoms with Crippen LogP contribution in [0.4, 0.5) is 0 Å². The first-order chi connectivity index (χ1) is 12.2. The average molecular weight is 412 g/mol. The molecule has 2 heterocycles. The Morgan fingerprint density at radius 2 is 1.84 bits per heavy atom. The second kappa shape index (κ2) is 6.21. The van der Waals surface area contributed by atoms with Crippen LogP contribution in [0.1, 0.15) is 40.8 Å². The van der Waals surface area contributed by atoms with Crippen molar-refractivity contribution in [2.24, 2.45) is 13.0 Å². The number of aryl methyl sites for hydroxylation is 2. The van der Waals surface area contributed by atoms with Gasteiger partial charge in [-0.3, -0.25) is 0 Å². The predicted molar refractivity (Wildman–Crippen MR) is 111 cm³/mol. The Labute approximate surface area is 161 Å². The molecule has 3 aromatic rings. The number of fused-ring (bicyclic) bond motifs is 5. The summed E-state index contributed by atoms with van der Waals surface area (Å²) in [7, 11) is 2.28. The van der Waals surface area contributed by atoms with Crippen LogP contribution < -0.4 is 0 Å². The highest BCUT2D eigenvalue weighted by Crippen LogP contribution is 2.55.